The maximum absolute atomic E-state index is 12.7. The Bertz CT molecular complexity index is 1260. The van der Waals surface area contributed by atoms with Crippen molar-refractivity contribution in [2.45, 2.75) is 13.0 Å². The van der Waals surface area contributed by atoms with E-state index in [-0.39, 0.29) is 24.0 Å². The number of nitrogens with one attached hydrogen (secondary N) is 1. The third-order valence-corrected chi connectivity index (χ3v) is 5.53. The standard InChI is InChI=1S/C26H23ClN2O4/c1-29(16-19-14-20(27)9-12-22(19)32-2)25(30)13-17-7-10-21(11-8-17)28-26(31)24-15-18-5-3-4-6-23(18)33-24/h3-12,14-15H,13,16H2,1-2H3,(H,28,31). The van der Waals surface area contributed by atoms with E-state index < -0.39 is 0 Å². The number of anilines is 1. The minimum absolute atomic E-state index is 0.0453. The van der Waals surface area contributed by atoms with Gasteiger partial charge >= 0.3 is 0 Å². The molecule has 1 heterocycles. The predicted molar refractivity (Wildman–Crippen MR) is 129 cm³/mol. The van der Waals surface area contributed by atoms with Gasteiger partial charge in [-0.2, -0.15) is 0 Å². The van der Waals surface area contributed by atoms with Crippen LogP contribution >= 0.6 is 11.6 Å². The molecule has 0 fully saturated rings. The van der Waals surface area contributed by atoms with Crippen LogP contribution in [0.4, 0.5) is 5.69 Å². The second kappa shape index (κ2) is 9.79. The fourth-order valence-corrected chi connectivity index (χ4v) is 3.71. The molecule has 0 unspecified atom stereocenters. The van der Waals surface area contributed by atoms with Gasteiger partial charge in [0, 0.05) is 35.3 Å². The van der Waals surface area contributed by atoms with Crippen LogP contribution in [0.5, 0.6) is 5.75 Å². The number of benzene rings is 3. The number of hydrogen-bond donors (Lipinski definition) is 1. The number of ether oxygens (including phenoxy) is 1. The zero-order valence-electron chi connectivity index (χ0n) is 18.3. The van der Waals surface area contributed by atoms with Gasteiger partial charge in [0.1, 0.15) is 11.3 Å². The molecule has 6 nitrogen and oxygen atoms in total. The van der Waals surface area contributed by atoms with Gasteiger partial charge in [-0.25, -0.2) is 0 Å². The number of carbonyl (C=O) groups excluding carboxylic acids is 2. The summed E-state index contributed by atoms with van der Waals surface area (Å²) in [6.45, 7) is 0.383. The summed E-state index contributed by atoms with van der Waals surface area (Å²) in [4.78, 5) is 26.8. The largest absolute Gasteiger partial charge is 0.496 e. The highest BCUT2D eigenvalue weighted by Crippen LogP contribution is 2.24. The number of furan rings is 1. The maximum atomic E-state index is 12.7. The highest BCUT2D eigenvalue weighted by Gasteiger charge is 2.15. The number of nitrogens with zero attached hydrogens (tertiary/aromatic N) is 1. The predicted octanol–water partition coefficient (Wildman–Crippen LogP) is 5.55. The molecule has 33 heavy (non-hydrogen) atoms. The number of amides is 2. The highest BCUT2D eigenvalue weighted by atomic mass is 35.5. The van der Waals surface area contributed by atoms with E-state index in [2.05, 4.69) is 5.32 Å². The monoisotopic (exact) mass is 462 g/mol. The molecule has 0 saturated heterocycles. The van der Waals surface area contributed by atoms with Crippen molar-refractivity contribution >= 4 is 40.1 Å². The summed E-state index contributed by atoms with van der Waals surface area (Å²) in [5.41, 5.74) is 2.96. The van der Waals surface area contributed by atoms with Gasteiger partial charge in [-0.1, -0.05) is 41.9 Å². The summed E-state index contributed by atoms with van der Waals surface area (Å²) < 4.78 is 11.0. The number of rotatable bonds is 7. The zero-order chi connectivity index (χ0) is 23.4. The van der Waals surface area contributed by atoms with Gasteiger partial charge in [0.05, 0.1) is 13.5 Å². The molecule has 0 bridgehead atoms. The van der Waals surface area contributed by atoms with Crippen molar-refractivity contribution in [2.75, 3.05) is 19.5 Å². The Morgan fingerprint density at radius 1 is 1.03 bits per heavy atom. The molecular formula is C26H23ClN2O4. The molecule has 3 aromatic carbocycles. The Labute approximate surface area is 196 Å². The molecule has 4 aromatic rings. The average Bonchev–Trinajstić information content (AvgIpc) is 3.25. The van der Waals surface area contributed by atoms with Gasteiger partial charge in [-0.3, -0.25) is 9.59 Å². The van der Waals surface area contributed by atoms with Crippen LogP contribution in [0.2, 0.25) is 5.02 Å². The molecule has 0 radical (unpaired) electrons. The fourth-order valence-electron chi connectivity index (χ4n) is 3.52. The average molecular weight is 463 g/mol. The lowest BCUT2D eigenvalue weighted by Gasteiger charge is -2.19. The lowest BCUT2D eigenvalue weighted by atomic mass is 10.1. The van der Waals surface area contributed by atoms with Gasteiger partial charge in [0.15, 0.2) is 5.76 Å². The second-order valence-corrected chi connectivity index (χ2v) is 8.12. The van der Waals surface area contributed by atoms with Crippen LogP contribution < -0.4 is 10.1 Å². The van der Waals surface area contributed by atoms with Crippen LogP contribution in [0.25, 0.3) is 11.0 Å². The molecular weight excluding hydrogens is 440 g/mol. The Morgan fingerprint density at radius 3 is 2.52 bits per heavy atom. The normalized spacial score (nSPS) is 10.8. The third-order valence-electron chi connectivity index (χ3n) is 5.29. The number of likely N-dealkylation sites (N-methyl/N-ethyl adjacent to an activating group) is 1. The summed E-state index contributed by atoms with van der Waals surface area (Å²) in [6.07, 6.45) is 0.233. The minimum atomic E-state index is -0.328. The van der Waals surface area contributed by atoms with E-state index in [1.165, 1.54) is 0 Å². The van der Waals surface area contributed by atoms with Gasteiger partial charge < -0.3 is 19.4 Å². The third kappa shape index (κ3) is 5.35. The molecule has 2 amide bonds. The summed E-state index contributed by atoms with van der Waals surface area (Å²) >= 11 is 6.08. The summed E-state index contributed by atoms with van der Waals surface area (Å²) in [6, 6.07) is 21.7. The number of para-hydroxylation sites is 1. The summed E-state index contributed by atoms with van der Waals surface area (Å²) in [5, 5.41) is 4.28. The molecule has 0 spiro atoms. The van der Waals surface area contributed by atoms with Crippen LogP contribution in [0.15, 0.2) is 77.2 Å². The lowest BCUT2D eigenvalue weighted by molar-refractivity contribution is -0.129. The first-order chi connectivity index (χ1) is 15.9. The summed E-state index contributed by atoms with van der Waals surface area (Å²) in [7, 11) is 3.33. The van der Waals surface area contributed by atoms with E-state index in [1.807, 2.05) is 36.4 Å². The van der Waals surface area contributed by atoms with Crippen molar-refractivity contribution < 1.29 is 18.7 Å². The van der Waals surface area contributed by atoms with Crippen molar-refractivity contribution in [2.24, 2.45) is 0 Å². The number of hydrogen-bond acceptors (Lipinski definition) is 4. The lowest BCUT2D eigenvalue weighted by Crippen LogP contribution is -2.27. The van der Waals surface area contributed by atoms with E-state index in [4.69, 9.17) is 20.8 Å². The molecule has 0 aliphatic rings. The maximum Gasteiger partial charge on any atom is 0.291 e. The van der Waals surface area contributed by atoms with E-state index in [0.717, 1.165) is 16.5 Å². The van der Waals surface area contributed by atoms with Crippen LogP contribution in [-0.2, 0) is 17.8 Å². The van der Waals surface area contributed by atoms with Crippen LogP contribution in [-0.4, -0.2) is 30.9 Å². The molecule has 0 saturated carbocycles. The fraction of sp³-hybridized carbons (Fsp3) is 0.154. The number of carbonyl (C=O) groups is 2. The molecule has 0 aliphatic heterocycles. The molecule has 0 aliphatic carbocycles. The van der Waals surface area contributed by atoms with Gasteiger partial charge in [0.2, 0.25) is 5.91 Å². The van der Waals surface area contributed by atoms with Gasteiger partial charge in [-0.15, -0.1) is 0 Å². The molecule has 1 aromatic heterocycles. The van der Waals surface area contributed by atoms with Crippen LogP contribution in [0.3, 0.4) is 0 Å². The molecule has 168 valence electrons. The molecule has 0 atom stereocenters. The van der Waals surface area contributed by atoms with Gasteiger partial charge in [-0.05, 0) is 48.0 Å². The van der Waals surface area contributed by atoms with E-state index in [9.17, 15) is 9.59 Å². The van der Waals surface area contributed by atoms with Crippen LogP contribution in [0, 0.1) is 0 Å². The van der Waals surface area contributed by atoms with Crippen LogP contribution in [0.1, 0.15) is 21.7 Å². The Hall–Kier alpha value is -3.77. The number of fused-ring (bicyclic) bond motifs is 1. The first-order valence-corrected chi connectivity index (χ1v) is 10.8. The van der Waals surface area contributed by atoms with Crippen molar-refractivity contribution in [1.29, 1.82) is 0 Å². The number of halogens is 1. The van der Waals surface area contributed by atoms with Crippen molar-refractivity contribution in [3.8, 4) is 5.75 Å². The zero-order valence-corrected chi connectivity index (χ0v) is 19.1. The topological polar surface area (TPSA) is 71.8 Å². The second-order valence-electron chi connectivity index (χ2n) is 7.68. The number of methoxy groups -OCH3 is 1. The van der Waals surface area contributed by atoms with Gasteiger partial charge in [0.25, 0.3) is 5.91 Å². The Morgan fingerprint density at radius 2 is 1.79 bits per heavy atom. The van der Waals surface area contributed by atoms with Crippen molar-refractivity contribution in [3.63, 3.8) is 0 Å². The quantitative estimate of drug-likeness (QED) is 0.391. The first-order valence-electron chi connectivity index (χ1n) is 10.4. The SMILES string of the molecule is COc1ccc(Cl)cc1CN(C)C(=O)Cc1ccc(NC(=O)c2cc3ccccc3o2)cc1. The van der Waals surface area contributed by atoms with E-state index >= 15 is 0 Å². The minimum Gasteiger partial charge on any atom is -0.496 e. The van der Waals surface area contributed by atoms with Crippen molar-refractivity contribution in [3.05, 3.63) is 94.7 Å². The van der Waals surface area contributed by atoms with E-state index in [1.54, 1.807) is 55.5 Å². The van der Waals surface area contributed by atoms with E-state index in [0.29, 0.717) is 28.6 Å². The smallest absolute Gasteiger partial charge is 0.291 e. The highest BCUT2D eigenvalue weighted by molar-refractivity contribution is 6.30. The van der Waals surface area contributed by atoms with Crippen molar-refractivity contribution in [1.82, 2.24) is 4.90 Å². The Balaban J connectivity index is 1.36. The first kappa shape index (κ1) is 22.4. The summed E-state index contributed by atoms with van der Waals surface area (Å²) in [5.74, 6) is 0.554. The Kier molecular flexibility index (Phi) is 6.66. The molecule has 1 N–H and O–H groups in total. The molecule has 7 heteroatoms. The molecule has 4 rings (SSSR count).